The van der Waals surface area contributed by atoms with Gasteiger partial charge >= 0.3 is 0 Å². The summed E-state index contributed by atoms with van der Waals surface area (Å²) in [6.07, 6.45) is 0. The van der Waals surface area contributed by atoms with Crippen LogP contribution in [0, 0.1) is 40.9 Å². The second-order valence-electron chi connectivity index (χ2n) is 5.35. The highest BCUT2D eigenvalue weighted by Gasteiger charge is 2.23. The SMILES string of the molecule is CCSC(=C(C#N)C#N)c1c(C)c(C#N)c(N)n(-c2ccc(Cl)cc2)c1=O. The molecule has 2 rings (SSSR count). The van der Waals surface area contributed by atoms with Gasteiger partial charge in [0.2, 0.25) is 0 Å². The fourth-order valence-electron chi connectivity index (χ4n) is 2.61. The molecule has 0 bridgehead atoms. The topological polar surface area (TPSA) is 119 Å². The van der Waals surface area contributed by atoms with E-state index in [-0.39, 0.29) is 27.4 Å². The Morgan fingerprint density at radius 3 is 2.30 bits per heavy atom. The summed E-state index contributed by atoms with van der Waals surface area (Å²) in [6.45, 7) is 3.42. The first kappa shape index (κ1) is 20.1. The van der Waals surface area contributed by atoms with Crippen LogP contribution < -0.4 is 11.3 Å². The van der Waals surface area contributed by atoms with E-state index in [2.05, 4.69) is 0 Å². The van der Waals surface area contributed by atoms with E-state index in [9.17, 15) is 20.6 Å². The van der Waals surface area contributed by atoms with Crippen molar-refractivity contribution in [1.29, 1.82) is 15.8 Å². The predicted octanol–water partition coefficient (Wildman–Crippen LogP) is 3.76. The van der Waals surface area contributed by atoms with Gasteiger partial charge in [0.15, 0.2) is 0 Å². The largest absolute Gasteiger partial charge is 0.384 e. The van der Waals surface area contributed by atoms with Gasteiger partial charge in [0.25, 0.3) is 5.56 Å². The lowest BCUT2D eigenvalue weighted by atomic mass is 10.0. The van der Waals surface area contributed by atoms with Gasteiger partial charge in [0.1, 0.15) is 29.6 Å². The number of anilines is 1. The molecule has 0 saturated heterocycles. The minimum Gasteiger partial charge on any atom is -0.384 e. The molecular formula is C19H14ClN5OS. The third-order valence-electron chi connectivity index (χ3n) is 3.83. The summed E-state index contributed by atoms with van der Waals surface area (Å²) < 4.78 is 1.19. The van der Waals surface area contributed by atoms with Gasteiger partial charge in [-0.1, -0.05) is 18.5 Å². The Bertz CT molecular complexity index is 1100. The van der Waals surface area contributed by atoms with E-state index >= 15 is 0 Å². The summed E-state index contributed by atoms with van der Waals surface area (Å²) in [5, 5.41) is 28.7. The summed E-state index contributed by atoms with van der Waals surface area (Å²) in [6, 6.07) is 12.1. The highest BCUT2D eigenvalue weighted by Crippen LogP contribution is 2.33. The molecule has 0 atom stereocenters. The number of nitriles is 3. The van der Waals surface area contributed by atoms with Gasteiger partial charge in [-0.3, -0.25) is 9.36 Å². The number of thioether (sulfide) groups is 1. The maximum Gasteiger partial charge on any atom is 0.265 e. The third-order valence-corrected chi connectivity index (χ3v) is 5.06. The van der Waals surface area contributed by atoms with Gasteiger partial charge in [0.05, 0.1) is 16.8 Å². The Kier molecular flexibility index (Phi) is 6.32. The molecule has 0 saturated carbocycles. The van der Waals surface area contributed by atoms with Gasteiger partial charge in [-0.2, -0.15) is 15.8 Å². The second-order valence-corrected chi connectivity index (χ2v) is 7.06. The lowest BCUT2D eigenvalue weighted by Crippen LogP contribution is -2.27. The fraction of sp³-hybridized carbons (Fsp3) is 0.158. The van der Waals surface area contributed by atoms with Gasteiger partial charge in [-0.25, -0.2) is 0 Å². The number of nitrogen functional groups attached to an aromatic ring is 1. The molecule has 0 aliphatic heterocycles. The van der Waals surface area contributed by atoms with Crippen LogP contribution in [0.4, 0.5) is 5.82 Å². The second kappa shape index (κ2) is 8.47. The van der Waals surface area contributed by atoms with Crippen molar-refractivity contribution >= 4 is 34.1 Å². The average molecular weight is 396 g/mol. The quantitative estimate of drug-likeness (QED) is 0.787. The van der Waals surface area contributed by atoms with E-state index in [0.29, 0.717) is 22.0 Å². The highest BCUT2D eigenvalue weighted by molar-refractivity contribution is 8.08. The molecule has 0 amide bonds. The van der Waals surface area contributed by atoms with Crippen molar-refractivity contribution in [3.05, 3.63) is 61.9 Å². The van der Waals surface area contributed by atoms with Gasteiger partial charge in [0, 0.05) is 9.93 Å². The van der Waals surface area contributed by atoms with E-state index in [1.165, 1.54) is 16.3 Å². The lowest BCUT2D eigenvalue weighted by molar-refractivity contribution is 0.983. The van der Waals surface area contributed by atoms with Gasteiger partial charge < -0.3 is 5.73 Å². The zero-order valence-corrected chi connectivity index (χ0v) is 16.1. The molecule has 2 aromatic rings. The Morgan fingerprint density at radius 2 is 1.81 bits per heavy atom. The molecule has 0 aliphatic rings. The number of aromatic nitrogens is 1. The van der Waals surface area contributed by atoms with Crippen LogP contribution in [0.25, 0.3) is 10.6 Å². The zero-order chi connectivity index (χ0) is 20.1. The monoisotopic (exact) mass is 395 g/mol. The normalized spacial score (nSPS) is 9.78. The molecule has 1 aromatic heterocycles. The molecule has 1 heterocycles. The number of nitrogens with zero attached hydrogens (tertiary/aromatic N) is 4. The molecule has 27 heavy (non-hydrogen) atoms. The van der Waals surface area contributed by atoms with Crippen molar-refractivity contribution in [3.63, 3.8) is 0 Å². The van der Waals surface area contributed by atoms with Crippen LogP contribution in [0.3, 0.4) is 0 Å². The van der Waals surface area contributed by atoms with Crippen LogP contribution >= 0.6 is 23.4 Å². The molecule has 0 unspecified atom stereocenters. The molecule has 8 heteroatoms. The van der Waals surface area contributed by atoms with Crippen molar-refractivity contribution in [3.8, 4) is 23.9 Å². The number of hydrogen-bond acceptors (Lipinski definition) is 6. The number of hydrogen-bond donors (Lipinski definition) is 1. The molecule has 0 spiro atoms. The van der Waals surface area contributed by atoms with Crippen molar-refractivity contribution < 1.29 is 0 Å². The maximum atomic E-state index is 13.3. The number of halogens is 1. The minimum atomic E-state index is -0.509. The molecule has 0 radical (unpaired) electrons. The Balaban J connectivity index is 3.03. The van der Waals surface area contributed by atoms with E-state index < -0.39 is 5.56 Å². The van der Waals surface area contributed by atoms with Gasteiger partial charge in [-0.05, 0) is 42.5 Å². The number of pyridine rings is 1. The van der Waals surface area contributed by atoms with Crippen molar-refractivity contribution in [1.82, 2.24) is 4.57 Å². The van der Waals surface area contributed by atoms with Crippen molar-refractivity contribution in [2.24, 2.45) is 0 Å². The molecule has 2 N–H and O–H groups in total. The lowest BCUT2D eigenvalue weighted by Gasteiger charge is -2.17. The summed E-state index contributed by atoms with van der Waals surface area (Å²) in [5.41, 5.74) is 6.42. The van der Waals surface area contributed by atoms with Crippen LogP contribution in [0.15, 0.2) is 34.6 Å². The van der Waals surface area contributed by atoms with Crippen LogP contribution in [-0.4, -0.2) is 10.3 Å². The van der Waals surface area contributed by atoms with E-state index in [1.54, 1.807) is 31.2 Å². The average Bonchev–Trinajstić information content (AvgIpc) is 2.64. The fourth-order valence-corrected chi connectivity index (χ4v) is 3.64. The summed E-state index contributed by atoms with van der Waals surface area (Å²) >= 11 is 7.11. The number of rotatable bonds is 4. The third kappa shape index (κ3) is 3.68. The van der Waals surface area contributed by atoms with Crippen molar-refractivity contribution in [2.45, 2.75) is 13.8 Å². The molecule has 0 fully saturated rings. The smallest absolute Gasteiger partial charge is 0.265 e. The first-order valence-corrected chi connectivity index (χ1v) is 9.16. The maximum absolute atomic E-state index is 13.3. The molecule has 6 nitrogen and oxygen atoms in total. The first-order chi connectivity index (χ1) is 12.9. The molecule has 0 aliphatic carbocycles. The summed E-state index contributed by atoms with van der Waals surface area (Å²) in [7, 11) is 0. The molecular weight excluding hydrogens is 382 g/mol. The standard InChI is InChI=1S/C19H14ClN5OS/c1-3-27-17(12(8-21)9-22)16-11(2)15(10-23)18(24)25(19(16)26)14-6-4-13(20)5-7-14/h4-7H,3,24H2,1-2H3. The highest BCUT2D eigenvalue weighted by atomic mass is 35.5. The Hall–Kier alpha value is -3.18. The Morgan fingerprint density at radius 1 is 1.22 bits per heavy atom. The van der Waals surface area contributed by atoms with Gasteiger partial charge in [-0.15, -0.1) is 11.8 Å². The summed E-state index contributed by atoms with van der Waals surface area (Å²) in [5.74, 6) is 0.524. The number of allylic oxidation sites excluding steroid dienone is 1. The van der Waals surface area contributed by atoms with Crippen LogP contribution in [0.2, 0.25) is 5.02 Å². The van der Waals surface area contributed by atoms with E-state index in [1.807, 2.05) is 25.1 Å². The predicted molar refractivity (Wildman–Crippen MR) is 107 cm³/mol. The van der Waals surface area contributed by atoms with E-state index in [0.717, 1.165) is 0 Å². The van der Waals surface area contributed by atoms with Crippen LogP contribution in [-0.2, 0) is 0 Å². The first-order valence-electron chi connectivity index (χ1n) is 7.79. The van der Waals surface area contributed by atoms with Crippen LogP contribution in [0.1, 0.15) is 23.6 Å². The molecule has 1 aromatic carbocycles. The number of benzene rings is 1. The van der Waals surface area contributed by atoms with Crippen molar-refractivity contribution in [2.75, 3.05) is 11.5 Å². The Labute approximate surface area is 165 Å². The molecule has 134 valence electrons. The minimum absolute atomic E-state index is 0.0117. The van der Waals surface area contributed by atoms with Crippen LogP contribution in [0.5, 0.6) is 0 Å². The van der Waals surface area contributed by atoms with E-state index in [4.69, 9.17) is 17.3 Å². The summed E-state index contributed by atoms with van der Waals surface area (Å²) in [4.78, 5) is 13.5. The zero-order valence-electron chi connectivity index (χ0n) is 14.6. The number of nitrogens with two attached hydrogens (primary N) is 1.